The molecule has 3 heterocycles. The molecule has 3 aromatic heterocycles. The Balaban J connectivity index is 1.46. The summed E-state index contributed by atoms with van der Waals surface area (Å²) < 4.78 is 16.9. The Labute approximate surface area is 196 Å². The van der Waals surface area contributed by atoms with Crippen LogP contribution in [0.5, 0.6) is 0 Å². The number of nitrogens with one attached hydrogen (secondary N) is 1. The molecule has 0 spiro atoms. The highest BCUT2D eigenvalue weighted by atomic mass is 19.1. The Hall–Kier alpha value is -4.01. The quantitative estimate of drug-likeness (QED) is 0.387. The van der Waals surface area contributed by atoms with Crippen LogP contribution in [0.2, 0.25) is 0 Å². The molecule has 1 amide bonds. The molecule has 3 atom stereocenters. The highest BCUT2D eigenvalue weighted by Gasteiger charge is 2.54. The van der Waals surface area contributed by atoms with Gasteiger partial charge in [-0.15, -0.1) is 0 Å². The van der Waals surface area contributed by atoms with Crippen molar-refractivity contribution in [2.75, 3.05) is 16.8 Å². The minimum atomic E-state index is -0.551. The van der Waals surface area contributed by atoms with Crippen LogP contribution in [0.4, 0.5) is 21.6 Å². The summed E-state index contributed by atoms with van der Waals surface area (Å²) in [5, 5.41) is 8.30. The lowest BCUT2D eigenvalue weighted by molar-refractivity contribution is -0.117. The monoisotopic (exact) mass is 459 g/mol. The molecule has 5 rings (SSSR count). The topological polar surface area (TPSA) is 125 Å². The van der Waals surface area contributed by atoms with Gasteiger partial charge in [-0.3, -0.25) is 14.5 Å². The first-order valence-corrected chi connectivity index (χ1v) is 11.2. The molecule has 1 saturated carbocycles. The summed E-state index contributed by atoms with van der Waals surface area (Å²) in [6.45, 7) is 3.89. The van der Waals surface area contributed by atoms with E-state index in [0.29, 0.717) is 33.4 Å². The highest BCUT2D eigenvalue weighted by Crippen LogP contribution is 2.56. The van der Waals surface area contributed by atoms with E-state index in [2.05, 4.69) is 27.3 Å². The number of hydrogen-bond donors (Lipinski definition) is 3. The van der Waals surface area contributed by atoms with Crippen LogP contribution >= 0.6 is 0 Å². The van der Waals surface area contributed by atoms with Crippen LogP contribution in [0.15, 0.2) is 43.1 Å². The number of benzene rings is 1. The Bertz CT molecular complexity index is 1430. The van der Waals surface area contributed by atoms with Gasteiger partial charge in [0, 0.05) is 54.0 Å². The summed E-state index contributed by atoms with van der Waals surface area (Å²) >= 11 is 0. The molecule has 1 aliphatic rings. The van der Waals surface area contributed by atoms with E-state index in [-0.39, 0.29) is 29.3 Å². The fourth-order valence-corrected chi connectivity index (χ4v) is 4.89. The van der Waals surface area contributed by atoms with Gasteiger partial charge in [-0.05, 0) is 41.5 Å². The molecule has 4 aromatic rings. The Morgan fingerprint density at radius 2 is 1.97 bits per heavy atom. The number of aromatic nitrogens is 4. The van der Waals surface area contributed by atoms with Gasteiger partial charge in [0.2, 0.25) is 5.91 Å². The first-order chi connectivity index (χ1) is 16.3. The number of carbonyl (C=O) groups excluding carboxylic acids is 1. The zero-order chi connectivity index (χ0) is 24.1. The number of amides is 1. The molecule has 0 aliphatic heterocycles. The zero-order valence-corrected chi connectivity index (χ0v) is 19.2. The maximum Gasteiger partial charge on any atom is 0.229 e. The van der Waals surface area contributed by atoms with Gasteiger partial charge in [-0.1, -0.05) is 13.3 Å². The predicted molar refractivity (Wildman–Crippen MR) is 130 cm³/mol. The van der Waals surface area contributed by atoms with E-state index in [4.69, 9.17) is 11.5 Å². The Kier molecular flexibility index (Phi) is 5.19. The van der Waals surface area contributed by atoms with E-state index in [0.717, 1.165) is 17.5 Å². The SMILES string of the molecule is CC[C@@H]1[C@@H](C(=O)Nc2cc3cc(-c4cncc(N)c4C)c(F)c(N)c3cn2)[C@@H]1c1cnn(C)c1. The molecule has 9 heteroatoms. The summed E-state index contributed by atoms with van der Waals surface area (Å²) in [7, 11) is 1.87. The normalized spacial score (nSPS) is 19.4. The fourth-order valence-electron chi connectivity index (χ4n) is 4.89. The maximum atomic E-state index is 15.1. The summed E-state index contributed by atoms with van der Waals surface area (Å²) in [5.41, 5.74) is 15.2. The van der Waals surface area contributed by atoms with Crippen molar-refractivity contribution >= 4 is 33.9 Å². The summed E-state index contributed by atoms with van der Waals surface area (Å²) in [5.74, 6) is 0.0306. The van der Waals surface area contributed by atoms with Gasteiger partial charge >= 0.3 is 0 Å². The lowest BCUT2D eigenvalue weighted by Gasteiger charge is -2.13. The van der Waals surface area contributed by atoms with Crippen molar-refractivity contribution in [2.45, 2.75) is 26.2 Å². The Morgan fingerprint density at radius 1 is 1.18 bits per heavy atom. The molecule has 1 aliphatic carbocycles. The van der Waals surface area contributed by atoms with Crippen LogP contribution < -0.4 is 16.8 Å². The number of pyridine rings is 2. The smallest absolute Gasteiger partial charge is 0.229 e. The van der Waals surface area contributed by atoms with Crippen LogP contribution in [-0.4, -0.2) is 25.7 Å². The number of carbonyl (C=O) groups is 1. The van der Waals surface area contributed by atoms with Crippen LogP contribution in [0.25, 0.3) is 21.9 Å². The van der Waals surface area contributed by atoms with Crippen molar-refractivity contribution in [3.8, 4) is 11.1 Å². The largest absolute Gasteiger partial charge is 0.397 e. The van der Waals surface area contributed by atoms with Crippen molar-refractivity contribution in [3.63, 3.8) is 0 Å². The number of halogens is 1. The number of aryl methyl sites for hydroxylation is 1. The van der Waals surface area contributed by atoms with E-state index < -0.39 is 5.82 Å². The number of nitrogens with two attached hydrogens (primary N) is 2. The van der Waals surface area contributed by atoms with Crippen molar-refractivity contribution in [2.24, 2.45) is 18.9 Å². The summed E-state index contributed by atoms with van der Waals surface area (Å²) in [6.07, 6.45) is 9.26. The summed E-state index contributed by atoms with van der Waals surface area (Å²) in [6, 6.07) is 3.40. The molecule has 1 fully saturated rings. The lowest BCUT2D eigenvalue weighted by atomic mass is 9.97. The molecule has 8 nitrogen and oxygen atoms in total. The molecule has 0 saturated heterocycles. The Morgan fingerprint density at radius 3 is 2.68 bits per heavy atom. The van der Waals surface area contributed by atoms with Gasteiger partial charge in [-0.25, -0.2) is 9.37 Å². The van der Waals surface area contributed by atoms with Gasteiger partial charge in [0.05, 0.1) is 23.8 Å². The minimum Gasteiger partial charge on any atom is -0.397 e. The number of fused-ring (bicyclic) bond motifs is 1. The third-order valence-corrected chi connectivity index (χ3v) is 6.85. The highest BCUT2D eigenvalue weighted by molar-refractivity contribution is 6.01. The van der Waals surface area contributed by atoms with E-state index in [1.165, 1.54) is 12.4 Å². The molecule has 0 radical (unpaired) electrons. The predicted octanol–water partition coefficient (Wildman–Crippen LogP) is 4.02. The number of nitrogens with zero attached hydrogens (tertiary/aromatic N) is 4. The number of anilines is 3. The molecule has 5 N–H and O–H groups in total. The zero-order valence-electron chi connectivity index (χ0n) is 19.2. The number of hydrogen-bond acceptors (Lipinski definition) is 6. The third-order valence-electron chi connectivity index (χ3n) is 6.85. The molecule has 0 bridgehead atoms. The molecule has 174 valence electrons. The van der Waals surface area contributed by atoms with Crippen LogP contribution in [0.1, 0.15) is 30.4 Å². The number of rotatable bonds is 5. The van der Waals surface area contributed by atoms with Gasteiger partial charge in [0.25, 0.3) is 0 Å². The van der Waals surface area contributed by atoms with E-state index in [1.54, 1.807) is 23.0 Å². The van der Waals surface area contributed by atoms with Gasteiger partial charge < -0.3 is 16.8 Å². The summed E-state index contributed by atoms with van der Waals surface area (Å²) in [4.78, 5) is 21.5. The van der Waals surface area contributed by atoms with E-state index in [9.17, 15) is 4.79 Å². The second-order valence-corrected chi connectivity index (χ2v) is 8.90. The second-order valence-electron chi connectivity index (χ2n) is 8.90. The second kappa shape index (κ2) is 8.09. The van der Waals surface area contributed by atoms with Gasteiger partial charge in [0.15, 0.2) is 5.82 Å². The third kappa shape index (κ3) is 3.53. The first-order valence-electron chi connectivity index (χ1n) is 11.2. The molecular weight excluding hydrogens is 433 g/mol. The van der Waals surface area contributed by atoms with Crippen molar-refractivity contribution in [1.29, 1.82) is 0 Å². The average molecular weight is 460 g/mol. The minimum absolute atomic E-state index is 0.00965. The first kappa shape index (κ1) is 21.8. The van der Waals surface area contributed by atoms with Crippen LogP contribution in [-0.2, 0) is 11.8 Å². The van der Waals surface area contributed by atoms with Crippen molar-refractivity contribution in [3.05, 3.63) is 60.1 Å². The van der Waals surface area contributed by atoms with E-state index in [1.807, 2.05) is 26.4 Å². The molecule has 34 heavy (non-hydrogen) atoms. The molecule has 1 aromatic carbocycles. The number of nitrogen functional groups attached to an aromatic ring is 2. The standard InChI is InChI=1S/C25H26FN7O/c1-4-15-21(14-7-31-33(3)11-14)22(15)25(34)32-20-6-13-5-16(17-8-29-10-19(27)12(17)2)23(26)24(28)18(13)9-30-20/h5-11,15,21-22H,4,27-28H2,1-3H3,(H,30,32,34)/t15-,21+,22+/m0/s1. The molecule has 0 unspecified atom stereocenters. The maximum absolute atomic E-state index is 15.1. The fraction of sp³-hybridized carbons (Fsp3) is 0.280. The van der Waals surface area contributed by atoms with E-state index >= 15 is 4.39 Å². The van der Waals surface area contributed by atoms with Crippen molar-refractivity contribution < 1.29 is 9.18 Å². The van der Waals surface area contributed by atoms with Crippen LogP contribution in [0.3, 0.4) is 0 Å². The van der Waals surface area contributed by atoms with Crippen LogP contribution in [0, 0.1) is 24.6 Å². The van der Waals surface area contributed by atoms with Gasteiger partial charge in [0.1, 0.15) is 5.82 Å². The van der Waals surface area contributed by atoms with Gasteiger partial charge in [-0.2, -0.15) is 5.10 Å². The lowest BCUT2D eigenvalue weighted by Crippen LogP contribution is -2.16. The van der Waals surface area contributed by atoms with Crippen molar-refractivity contribution in [1.82, 2.24) is 19.7 Å². The molecular formula is C25H26FN7O. The average Bonchev–Trinajstić information content (AvgIpc) is 3.41.